The van der Waals surface area contributed by atoms with Crippen LogP contribution < -0.4 is 0 Å². The number of allylic oxidation sites excluding steroid dienone is 2. The van der Waals surface area contributed by atoms with E-state index in [9.17, 15) is 0 Å². The number of aliphatic hydroxyl groups excluding tert-OH is 1. The summed E-state index contributed by atoms with van der Waals surface area (Å²) >= 11 is 0. The maximum Gasteiger partial charge on any atom is 0.108 e. The first-order valence-corrected chi connectivity index (χ1v) is 3.67. The minimum Gasteiger partial charge on any atom is -0.509 e. The van der Waals surface area contributed by atoms with Crippen LogP contribution in [0.3, 0.4) is 0 Å². The number of aliphatic hydroxyl groups is 1. The molecule has 0 aromatic heterocycles. The normalized spacial score (nSPS) is 32.0. The van der Waals surface area contributed by atoms with Crippen molar-refractivity contribution in [2.24, 2.45) is 11.8 Å². The summed E-state index contributed by atoms with van der Waals surface area (Å²) in [4.78, 5) is 0. The van der Waals surface area contributed by atoms with Crippen molar-refractivity contribution in [3.63, 3.8) is 0 Å². The first kappa shape index (κ1) is 7.39. The van der Waals surface area contributed by atoms with E-state index in [2.05, 4.69) is 20.4 Å². The molecule has 0 aromatic rings. The molecule has 1 N–H and O–H groups in total. The van der Waals surface area contributed by atoms with Gasteiger partial charge in [0.2, 0.25) is 0 Å². The van der Waals surface area contributed by atoms with Crippen molar-refractivity contribution in [3.8, 4) is 0 Å². The summed E-state index contributed by atoms with van der Waals surface area (Å²) in [6.45, 7) is 7.68. The fraction of sp³-hybridized carbons (Fsp3) is 0.556. The molecule has 0 heterocycles. The predicted molar refractivity (Wildman–Crippen MR) is 42.8 cm³/mol. The Morgan fingerprint density at radius 3 is 2.50 bits per heavy atom. The van der Waals surface area contributed by atoms with Crippen molar-refractivity contribution in [2.45, 2.75) is 20.3 Å². The van der Waals surface area contributed by atoms with Crippen molar-refractivity contribution < 1.29 is 5.11 Å². The fourth-order valence-corrected chi connectivity index (χ4v) is 1.33. The van der Waals surface area contributed by atoms with Crippen molar-refractivity contribution in [3.05, 3.63) is 24.0 Å². The average molecular weight is 138 g/mol. The molecule has 1 rings (SSSR count). The molecule has 0 spiro atoms. The van der Waals surface area contributed by atoms with Crippen LogP contribution in [0.15, 0.2) is 24.0 Å². The molecule has 0 saturated heterocycles. The van der Waals surface area contributed by atoms with Crippen LogP contribution >= 0.6 is 0 Å². The van der Waals surface area contributed by atoms with E-state index in [4.69, 9.17) is 5.11 Å². The van der Waals surface area contributed by atoms with Crippen molar-refractivity contribution >= 4 is 0 Å². The van der Waals surface area contributed by atoms with E-state index in [1.165, 1.54) is 12.0 Å². The highest BCUT2D eigenvalue weighted by atomic mass is 16.3. The lowest BCUT2D eigenvalue weighted by molar-refractivity contribution is 0.434. The first-order valence-electron chi connectivity index (χ1n) is 3.67. The number of hydrogen-bond acceptors (Lipinski definition) is 1. The summed E-state index contributed by atoms with van der Waals surface area (Å²) in [7, 11) is 0. The largest absolute Gasteiger partial charge is 0.509 e. The highest BCUT2D eigenvalue weighted by Crippen LogP contribution is 2.43. The van der Waals surface area contributed by atoms with Gasteiger partial charge >= 0.3 is 0 Å². The second-order valence-electron chi connectivity index (χ2n) is 3.20. The Morgan fingerprint density at radius 2 is 2.20 bits per heavy atom. The SMILES string of the molecule is C=C(O)/C=C(\C)[C@H]1C[C@H]1C. The lowest BCUT2D eigenvalue weighted by atomic mass is 10.1. The van der Waals surface area contributed by atoms with Gasteiger partial charge in [0.15, 0.2) is 0 Å². The van der Waals surface area contributed by atoms with E-state index in [0.29, 0.717) is 5.92 Å². The van der Waals surface area contributed by atoms with Crippen LogP contribution in [0.4, 0.5) is 0 Å². The molecule has 0 aromatic carbocycles. The van der Waals surface area contributed by atoms with Crippen LogP contribution in [0.25, 0.3) is 0 Å². The maximum absolute atomic E-state index is 8.81. The molecule has 0 amide bonds. The van der Waals surface area contributed by atoms with Gasteiger partial charge in [-0.25, -0.2) is 0 Å². The molecule has 1 fully saturated rings. The van der Waals surface area contributed by atoms with Gasteiger partial charge in [0.25, 0.3) is 0 Å². The third kappa shape index (κ3) is 1.63. The summed E-state index contributed by atoms with van der Waals surface area (Å²) in [5.74, 6) is 1.70. The number of hydrogen-bond donors (Lipinski definition) is 1. The Kier molecular flexibility index (Phi) is 1.84. The highest BCUT2D eigenvalue weighted by Gasteiger charge is 2.33. The maximum atomic E-state index is 8.81. The van der Waals surface area contributed by atoms with Gasteiger partial charge in [-0.2, -0.15) is 0 Å². The quantitative estimate of drug-likeness (QED) is 0.459. The van der Waals surface area contributed by atoms with E-state index >= 15 is 0 Å². The molecule has 2 atom stereocenters. The van der Waals surface area contributed by atoms with Gasteiger partial charge in [-0.1, -0.05) is 19.1 Å². The Labute approximate surface area is 62.1 Å². The summed E-state index contributed by atoms with van der Waals surface area (Å²) in [5, 5.41) is 8.81. The summed E-state index contributed by atoms with van der Waals surface area (Å²) < 4.78 is 0. The monoisotopic (exact) mass is 138 g/mol. The summed E-state index contributed by atoms with van der Waals surface area (Å²) in [5.41, 5.74) is 1.26. The summed E-state index contributed by atoms with van der Waals surface area (Å²) in [6, 6.07) is 0. The van der Waals surface area contributed by atoms with Crippen LogP contribution in [-0.4, -0.2) is 5.11 Å². The van der Waals surface area contributed by atoms with Crippen LogP contribution in [0.2, 0.25) is 0 Å². The molecule has 1 aliphatic rings. The van der Waals surface area contributed by atoms with E-state index < -0.39 is 0 Å². The molecule has 0 aliphatic heterocycles. The van der Waals surface area contributed by atoms with Crippen LogP contribution in [0.1, 0.15) is 20.3 Å². The van der Waals surface area contributed by atoms with E-state index in [0.717, 1.165) is 5.92 Å². The minimum atomic E-state index is 0.177. The molecule has 0 bridgehead atoms. The average Bonchev–Trinajstić information content (AvgIpc) is 2.44. The third-order valence-corrected chi connectivity index (χ3v) is 2.09. The Morgan fingerprint density at radius 1 is 1.70 bits per heavy atom. The lowest BCUT2D eigenvalue weighted by Gasteiger charge is -1.95. The number of rotatable bonds is 2. The highest BCUT2D eigenvalue weighted by molar-refractivity contribution is 5.20. The van der Waals surface area contributed by atoms with Crippen molar-refractivity contribution in [1.29, 1.82) is 0 Å². The van der Waals surface area contributed by atoms with Crippen molar-refractivity contribution in [1.82, 2.24) is 0 Å². The van der Waals surface area contributed by atoms with Gasteiger partial charge < -0.3 is 5.11 Å². The second kappa shape index (κ2) is 2.49. The Hall–Kier alpha value is -0.720. The molecular formula is C9H14O. The molecule has 1 nitrogen and oxygen atoms in total. The molecule has 0 radical (unpaired) electrons. The zero-order chi connectivity index (χ0) is 7.72. The Bertz CT molecular complexity index is 179. The van der Waals surface area contributed by atoms with Crippen LogP contribution in [-0.2, 0) is 0 Å². The minimum absolute atomic E-state index is 0.177. The van der Waals surface area contributed by atoms with Crippen molar-refractivity contribution in [2.75, 3.05) is 0 Å². The fourth-order valence-electron chi connectivity index (χ4n) is 1.33. The molecule has 1 saturated carbocycles. The van der Waals surface area contributed by atoms with Gasteiger partial charge in [0.1, 0.15) is 5.76 Å². The standard InChI is InChI=1S/C9H14O/c1-6(4-8(3)10)9-5-7(9)2/h4,7,9-10H,3,5H2,1-2H3/b6-4+/t7-,9-/m1/s1. The van der Waals surface area contributed by atoms with Crippen LogP contribution in [0, 0.1) is 11.8 Å². The zero-order valence-electron chi connectivity index (χ0n) is 6.59. The first-order chi connectivity index (χ1) is 4.61. The van der Waals surface area contributed by atoms with Gasteiger partial charge in [-0.3, -0.25) is 0 Å². The van der Waals surface area contributed by atoms with Gasteiger partial charge in [-0.15, -0.1) is 0 Å². The van der Waals surface area contributed by atoms with Gasteiger partial charge in [0.05, 0.1) is 0 Å². The third-order valence-electron chi connectivity index (χ3n) is 2.09. The van der Waals surface area contributed by atoms with E-state index in [-0.39, 0.29) is 5.76 Å². The van der Waals surface area contributed by atoms with E-state index in [1.54, 1.807) is 6.08 Å². The molecule has 1 aliphatic carbocycles. The van der Waals surface area contributed by atoms with E-state index in [1.807, 2.05) is 0 Å². The summed E-state index contributed by atoms with van der Waals surface area (Å²) in [6.07, 6.45) is 3.03. The zero-order valence-corrected chi connectivity index (χ0v) is 6.59. The molecule has 56 valence electrons. The lowest BCUT2D eigenvalue weighted by Crippen LogP contribution is -1.82. The molecule has 0 unspecified atom stereocenters. The topological polar surface area (TPSA) is 20.2 Å². The van der Waals surface area contributed by atoms with Crippen LogP contribution in [0.5, 0.6) is 0 Å². The smallest absolute Gasteiger partial charge is 0.108 e. The van der Waals surface area contributed by atoms with Gasteiger partial charge in [-0.05, 0) is 31.3 Å². The predicted octanol–water partition coefficient (Wildman–Crippen LogP) is 2.66. The second-order valence-corrected chi connectivity index (χ2v) is 3.20. The molecule has 1 heteroatoms. The molecule has 10 heavy (non-hydrogen) atoms. The molecular weight excluding hydrogens is 124 g/mol. The Balaban J connectivity index is 2.49. The van der Waals surface area contributed by atoms with Gasteiger partial charge in [0, 0.05) is 0 Å².